The summed E-state index contributed by atoms with van der Waals surface area (Å²) >= 11 is 0. The second kappa shape index (κ2) is 14.1. The molecule has 0 bridgehead atoms. The standard InChI is InChI=1S/C54H43N/c1-4-18-39(19-5-1)40-30-32-42(33-31-40)55(43-34-35-49-48-26-12-14-28-51(48)54(52(49)38-43)36-16-3-17-37-54)53-29-15-13-27-50(53)47-25-11-10-24-46(47)45-23-9-8-22-44(45)41-20-6-2-7-21-41/h1-2,4-15,18-35,38H,3,16-17,36-37H2. The van der Waals surface area contributed by atoms with E-state index in [0.717, 1.165) is 11.4 Å². The first-order valence-electron chi connectivity index (χ1n) is 19.8. The van der Waals surface area contributed by atoms with Crippen molar-refractivity contribution in [1.29, 1.82) is 0 Å². The molecule has 1 spiro atoms. The van der Waals surface area contributed by atoms with Gasteiger partial charge in [-0.25, -0.2) is 0 Å². The van der Waals surface area contributed by atoms with E-state index in [1.807, 2.05) is 0 Å². The van der Waals surface area contributed by atoms with Gasteiger partial charge in [0.05, 0.1) is 5.69 Å². The Kier molecular flexibility index (Phi) is 8.49. The predicted molar refractivity (Wildman–Crippen MR) is 232 cm³/mol. The van der Waals surface area contributed by atoms with Crippen molar-refractivity contribution in [1.82, 2.24) is 0 Å². The van der Waals surface area contributed by atoms with Crippen molar-refractivity contribution >= 4 is 17.1 Å². The van der Waals surface area contributed by atoms with E-state index < -0.39 is 0 Å². The molecule has 264 valence electrons. The first-order valence-corrected chi connectivity index (χ1v) is 19.8. The van der Waals surface area contributed by atoms with Crippen LogP contribution in [0.2, 0.25) is 0 Å². The van der Waals surface area contributed by atoms with Gasteiger partial charge < -0.3 is 4.90 Å². The Balaban J connectivity index is 1.17. The molecule has 0 atom stereocenters. The number of rotatable bonds is 7. The van der Waals surface area contributed by atoms with Gasteiger partial charge in [-0.2, -0.15) is 0 Å². The van der Waals surface area contributed by atoms with Gasteiger partial charge in [-0.05, 0) is 104 Å². The lowest BCUT2D eigenvalue weighted by atomic mass is 9.68. The summed E-state index contributed by atoms with van der Waals surface area (Å²) in [5.41, 5.74) is 19.1. The Bertz CT molecular complexity index is 2610. The van der Waals surface area contributed by atoms with E-state index in [2.05, 4.69) is 205 Å². The number of nitrogens with zero attached hydrogens (tertiary/aromatic N) is 1. The zero-order valence-corrected chi connectivity index (χ0v) is 31.0. The molecular formula is C54H43N. The van der Waals surface area contributed by atoms with Gasteiger partial charge in [0.15, 0.2) is 0 Å². The average Bonchev–Trinajstić information content (AvgIpc) is 3.53. The summed E-state index contributed by atoms with van der Waals surface area (Å²) in [6, 6.07) is 73.8. The summed E-state index contributed by atoms with van der Waals surface area (Å²) in [5, 5.41) is 0. The van der Waals surface area contributed by atoms with Crippen LogP contribution in [-0.2, 0) is 5.41 Å². The highest BCUT2D eigenvalue weighted by atomic mass is 15.1. The van der Waals surface area contributed by atoms with Crippen molar-refractivity contribution in [3.8, 4) is 55.6 Å². The van der Waals surface area contributed by atoms with Crippen LogP contribution in [0, 0.1) is 0 Å². The van der Waals surface area contributed by atoms with Crippen LogP contribution in [0.1, 0.15) is 43.2 Å². The molecule has 8 aromatic rings. The Labute approximate surface area is 325 Å². The fourth-order valence-corrected chi connectivity index (χ4v) is 9.57. The third kappa shape index (κ3) is 5.79. The zero-order valence-electron chi connectivity index (χ0n) is 31.0. The predicted octanol–water partition coefficient (Wildman–Crippen LogP) is 15.1. The molecule has 1 fully saturated rings. The van der Waals surface area contributed by atoms with Gasteiger partial charge in [-0.1, -0.05) is 189 Å². The fourth-order valence-electron chi connectivity index (χ4n) is 9.57. The van der Waals surface area contributed by atoms with Gasteiger partial charge in [0.2, 0.25) is 0 Å². The summed E-state index contributed by atoms with van der Waals surface area (Å²) in [7, 11) is 0. The molecule has 2 aliphatic carbocycles. The number of benzene rings is 8. The van der Waals surface area contributed by atoms with Gasteiger partial charge in [-0.15, -0.1) is 0 Å². The van der Waals surface area contributed by atoms with Crippen LogP contribution in [-0.4, -0.2) is 0 Å². The van der Waals surface area contributed by atoms with E-state index in [-0.39, 0.29) is 5.41 Å². The van der Waals surface area contributed by atoms with E-state index in [4.69, 9.17) is 0 Å². The van der Waals surface area contributed by atoms with Crippen molar-refractivity contribution < 1.29 is 0 Å². The number of anilines is 3. The first-order chi connectivity index (χ1) is 27.3. The molecule has 1 saturated carbocycles. The molecule has 0 saturated heterocycles. The minimum atomic E-state index is 0.0658. The van der Waals surface area contributed by atoms with E-state index in [1.54, 1.807) is 0 Å². The molecule has 0 unspecified atom stereocenters. The van der Waals surface area contributed by atoms with Crippen LogP contribution in [0.3, 0.4) is 0 Å². The normalized spacial score (nSPS) is 14.0. The number of para-hydroxylation sites is 1. The van der Waals surface area contributed by atoms with Crippen molar-refractivity contribution in [2.24, 2.45) is 0 Å². The van der Waals surface area contributed by atoms with Crippen LogP contribution in [0.5, 0.6) is 0 Å². The van der Waals surface area contributed by atoms with Gasteiger partial charge in [0.1, 0.15) is 0 Å². The smallest absolute Gasteiger partial charge is 0.0540 e. The minimum Gasteiger partial charge on any atom is -0.310 e. The highest BCUT2D eigenvalue weighted by molar-refractivity contribution is 5.97. The van der Waals surface area contributed by atoms with Gasteiger partial charge >= 0.3 is 0 Å². The van der Waals surface area contributed by atoms with Gasteiger partial charge in [0.25, 0.3) is 0 Å². The average molecular weight is 706 g/mol. The third-order valence-electron chi connectivity index (χ3n) is 12.1. The van der Waals surface area contributed by atoms with Crippen LogP contribution in [0.4, 0.5) is 17.1 Å². The highest BCUT2D eigenvalue weighted by Crippen LogP contribution is 2.57. The molecule has 1 heteroatoms. The Morgan fingerprint density at radius 3 is 1.47 bits per heavy atom. The van der Waals surface area contributed by atoms with Crippen molar-refractivity contribution in [2.45, 2.75) is 37.5 Å². The Morgan fingerprint density at radius 1 is 0.309 bits per heavy atom. The molecule has 0 radical (unpaired) electrons. The largest absolute Gasteiger partial charge is 0.310 e. The maximum Gasteiger partial charge on any atom is 0.0540 e. The van der Waals surface area contributed by atoms with Crippen molar-refractivity contribution in [2.75, 3.05) is 4.90 Å². The summed E-state index contributed by atoms with van der Waals surface area (Å²) in [5.74, 6) is 0. The SMILES string of the molecule is c1ccc(-c2ccc(N(c3ccc4c(c3)C3(CCCCC3)c3ccccc3-4)c3ccccc3-c3ccccc3-c3ccccc3-c3ccccc3)cc2)cc1. The fraction of sp³-hybridized carbons (Fsp3) is 0.111. The number of hydrogen-bond donors (Lipinski definition) is 0. The molecule has 0 aliphatic heterocycles. The van der Waals surface area contributed by atoms with Crippen LogP contribution in [0.15, 0.2) is 200 Å². The van der Waals surface area contributed by atoms with E-state index >= 15 is 0 Å². The third-order valence-corrected chi connectivity index (χ3v) is 12.1. The molecule has 8 aromatic carbocycles. The molecular weight excluding hydrogens is 663 g/mol. The van der Waals surface area contributed by atoms with Crippen LogP contribution in [0.25, 0.3) is 55.6 Å². The monoisotopic (exact) mass is 705 g/mol. The molecule has 1 nitrogen and oxygen atoms in total. The van der Waals surface area contributed by atoms with Crippen molar-refractivity contribution in [3.63, 3.8) is 0 Å². The van der Waals surface area contributed by atoms with Gasteiger partial charge in [-0.3, -0.25) is 0 Å². The topological polar surface area (TPSA) is 3.24 Å². The lowest BCUT2D eigenvalue weighted by Crippen LogP contribution is -2.28. The quantitative estimate of drug-likeness (QED) is 0.160. The molecule has 10 rings (SSSR count). The van der Waals surface area contributed by atoms with E-state index in [1.165, 1.54) is 105 Å². The van der Waals surface area contributed by atoms with Gasteiger partial charge in [0, 0.05) is 22.4 Å². The molecule has 2 aliphatic rings. The second-order valence-electron chi connectivity index (χ2n) is 15.1. The lowest BCUT2D eigenvalue weighted by Gasteiger charge is -2.37. The molecule has 0 aromatic heterocycles. The summed E-state index contributed by atoms with van der Waals surface area (Å²) < 4.78 is 0. The van der Waals surface area contributed by atoms with Crippen molar-refractivity contribution in [3.05, 3.63) is 211 Å². The molecule has 0 heterocycles. The lowest BCUT2D eigenvalue weighted by molar-refractivity contribution is 0.353. The highest BCUT2D eigenvalue weighted by Gasteiger charge is 2.44. The summed E-state index contributed by atoms with van der Waals surface area (Å²) in [4.78, 5) is 2.50. The second-order valence-corrected chi connectivity index (χ2v) is 15.1. The van der Waals surface area contributed by atoms with Crippen LogP contribution < -0.4 is 4.90 Å². The minimum absolute atomic E-state index is 0.0658. The van der Waals surface area contributed by atoms with Crippen LogP contribution >= 0.6 is 0 Å². The maximum absolute atomic E-state index is 2.54. The zero-order chi connectivity index (χ0) is 36.6. The summed E-state index contributed by atoms with van der Waals surface area (Å²) in [6.07, 6.45) is 6.27. The number of fused-ring (bicyclic) bond motifs is 5. The summed E-state index contributed by atoms with van der Waals surface area (Å²) in [6.45, 7) is 0. The first kappa shape index (κ1) is 33.2. The molecule has 0 amide bonds. The Morgan fingerprint density at radius 2 is 0.782 bits per heavy atom. The van der Waals surface area contributed by atoms with E-state index in [9.17, 15) is 0 Å². The Hall–Kier alpha value is -6.44. The maximum atomic E-state index is 2.54. The van der Waals surface area contributed by atoms with E-state index in [0.29, 0.717) is 0 Å². The molecule has 55 heavy (non-hydrogen) atoms. The molecule has 0 N–H and O–H groups in total. The number of hydrogen-bond acceptors (Lipinski definition) is 1.